The van der Waals surface area contributed by atoms with E-state index in [0.717, 1.165) is 18.9 Å². The number of hydrogen-bond acceptors (Lipinski definition) is 2. The van der Waals surface area contributed by atoms with Gasteiger partial charge in [0.25, 0.3) is 0 Å². The molecule has 1 heterocycles. The van der Waals surface area contributed by atoms with Crippen LogP contribution >= 0.6 is 0 Å². The van der Waals surface area contributed by atoms with Crippen molar-refractivity contribution in [2.45, 2.75) is 76.3 Å². The number of rotatable bonds is 3. The molecule has 19 heavy (non-hydrogen) atoms. The second kappa shape index (κ2) is 5.82. The lowest BCUT2D eigenvalue weighted by molar-refractivity contribution is -0.143. The molecule has 1 aliphatic heterocycles. The average molecular weight is 265 g/mol. The van der Waals surface area contributed by atoms with Gasteiger partial charge in [-0.3, -0.25) is 9.69 Å². The highest BCUT2D eigenvalue weighted by atomic mass is 16.4. The largest absolute Gasteiger partial charge is 0.480 e. The summed E-state index contributed by atoms with van der Waals surface area (Å²) in [6.07, 6.45) is 12.7. The van der Waals surface area contributed by atoms with Gasteiger partial charge in [-0.2, -0.15) is 0 Å². The first-order chi connectivity index (χ1) is 9.25. The van der Waals surface area contributed by atoms with Crippen molar-refractivity contribution in [3.63, 3.8) is 0 Å². The van der Waals surface area contributed by atoms with Crippen molar-refractivity contribution < 1.29 is 9.90 Å². The Hall–Kier alpha value is -0.570. The van der Waals surface area contributed by atoms with Gasteiger partial charge in [-0.15, -0.1) is 0 Å². The van der Waals surface area contributed by atoms with Gasteiger partial charge in [0.05, 0.1) is 0 Å². The third-order valence-electron chi connectivity index (χ3n) is 5.70. The molecule has 3 heteroatoms. The maximum Gasteiger partial charge on any atom is 0.320 e. The van der Waals surface area contributed by atoms with Crippen LogP contribution in [-0.2, 0) is 4.79 Å². The lowest BCUT2D eigenvalue weighted by Crippen LogP contribution is -2.45. The maximum absolute atomic E-state index is 11.6. The summed E-state index contributed by atoms with van der Waals surface area (Å²) in [6.45, 7) is 1.05. The second-order valence-corrected chi connectivity index (χ2v) is 6.90. The Labute approximate surface area is 116 Å². The van der Waals surface area contributed by atoms with Gasteiger partial charge in [0.15, 0.2) is 0 Å². The number of carbonyl (C=O) groups is 1. The zero-order chi connectivity index (χ0) is 13.2. The molecule has 0 radical (unpaired) electrons. The zero-order valence-corrected chi connectivity index (χ0v) is 11.9. The fraction of sp³-hybridized carbons (Fsp3) is 0.938. The van der Waals surface area contributed by atoms with Crippen LogP contribution < -0.4 is 0 Å². The minimum atomic E-state index is -0.579. The Morgan fingerprint density at radius 1 is 1.00 bits per heavy atom. The molecule has 1 saturated heterocycles. The SMILES string of the molecule is O=C(O)[C@@H]1C[C@H]2CCCC[C@H]2N1CC1CCCCC1. The number of aliphatic carboxylic acids is 1. The van der Waals surface area contributed by atoms with Gasteiger partial charge in [0.1, 0.15) is 6.04 Å². The number of likely N-dealkylation sites (tertiary alicyclic amines) is 1. The summed E-state index contributed by atoms with van der Waals surface area (Å²) >= 11 is 0. The quantitative estimate of drug-likeness (QED) is 0.851. The van der Waals surface area contributed by atoms with E-state index in [9.17, 15) is 9.90 Å². The third-order valence-corrected chi connectivity index (χ3v) is 5.70. The van der Waals surface area contributed by atoms with Crippen molar-refractivity contribution in [2.24, 2.45) is 11.8 Å². The molecule has 2 saturated carbocycles. The normalized spacial score (nSPS) is 37.2. The summed E-state index contributed by atoms with van der Waals surface area (Å²) in [5.41, 5.74) is 0. The molecule has 2 aliphatic carbocycles. The predicted octanol–water partition coefficient (Wildman–Crippen LogP) is 3.28. The molecule has 0 aromatic carbocycles. The van der Waals surface area contributed by atoms with E-state index in [2.05, 4.69) is 4.90 Å². The molecule has 0 bridgehead atoms. The number of nitrogens with zero attached hydrogens (tertiary/aromatic N) is 1. The van der Waals surface area contributed by atoms with E-state index in [4.69, 9.17) is 0 Å². The van der Waals surface area contributed by atoms with Crippen LogP contribution in [0.4, 0.5) is 0 Å². The fourth-order valence-electron chi connectivity index (χ4n) is 4.73. The van der Waals surface area contributed by atoms with Gasteiger partial charge in [-0.1, -0.05) is 32.1 Å². The molecule has 108 valence electrons. The van der Waals surface area contributed by atoms with E-state index in [1.807, 2.05) is 0 Å². The minimum Gasteiger partial charge on any atom is -0.480 e. The number of hydrogen-bond donors (Lipinski definition) is 1. The molecule has 3 rings (SSSR count). The van der Waals surface area contributed by atoms with Crippen LogP contribution in [0.5, 0.6) is 0 Å². The van der Waals surface area contributed by atoms with E-state index >= 15 is 0 Å². The molecule has 1 N–H and O–H groups in total. The second-order valence-electron chi connectivity index (χ2n) is 6.90. The highest BCUT2D eigenvalue weighted by molar-refractivity contribution is 5.74. The van der Waals surface area contributed by atoms with Crippen molar-refractivity contribution in [3.8, 4) is 0 Å². The Morgan fingerprint density at radius 3 is 2.42 bits per heavy atom. The molecular weight excluding hydrogens is 238 g/mol. The van der Waals surface area contributed by atoms with Crippen LogP contribution in [0.15, 0.2) is 0 Å². The highest BCUT2D eigenvalue weighted by Crippen LogP contribution is 2.41. The molecule has 0 aromatic heterocycles. The van der Waals surface area contributed by atoms with Gasteiger partial charge in [0.2, 0.25) is 0 Å². The molecule has 0 unspecified atom stereocenters. The van der Waals surface area contributed by atoms with Crippen LogP contribution in [-0.4, -0.2) is 34.6 Å². The van der Waals surface area contributed by atoms with Gasteiger partial charge in [-0.05, 0) is 43.9 Å². The van der Waals surface area contributed by atoms with Crippen LogP contribution in [0.3, 0.4) is 0 Å². The van der Waals surface area contributed by atoms with E-state index in [1.54, 1.807) is 0 Å². The summed E-state index contributed by atoms with van der Waals surface area (Å²) in [5.74, 6) is 0.847. The molecule has 3 nitrogen and oxygen atoms in total. The van der Waals surface area contributed by atoms with E-state index in [-0.39, 0.29) is 6.04 Å². The van der Waals surface area contributed by atoms with Gasteiger partial charge >= 0.3 is 5.97 Å². The van der Waals surface area contributed by atoms with Crippen LogP contribution in [0.1, 0.15) is 64.2 Å². The summed E-state index contributed by atoms with van der Waals surface area (Å²) in [4.78, 5) is 13.9. The summed E-state index contributed by atoms with van der Waals surface area (Å²) in [5, 5.41) is 9.52. The monoisotopic (exact) mass is 265 g/mol. The first-order valence-electron chi connectivity index (χ1n) is 8.24. The lowest BCUT2D eigenvalue weighted by atomic mass is 9.84. The Balaban J connectivity index is 1.69. The van der Waals surface area contributed by atoms with E-state index in [0.29, 0.717) is 12.0 Å². The molecule has 0 amide bonds. The highest BCUT2D eigenvalue weighted by Gasteiger charge is 2.45. The Kier molecular flexibility index (Phi) is 4.11. The molecule has 3 atom stereocenters. The summed E-state index contributed by atoms with van der Waals surface area (Å²) in [6, 6.07) is 0.395. The van der Waals surface area contributed by atoms with E-state index < -0.39 is 5.97 Å². The number of carboxylic acid groups (broad SMARTS) is 1. The van der Waals surface area contributed by atoms with Crippen molar-refractivity contribution in [2.75, 3.05) is 6.54 Å². The molecule has 3 aliphatic rings. The average Bonchev–Trinajstić information content (AvgIpc) is 2.79. The predicted molar refractivity (Wildman–Crippen MR) is 75.1 cm³/mol. The van der Waals surface area contributed by atoms with Gasteiger partial charge in [0, 0.05) is 12.6 Å². The number of carboxylic acids is 1. The fourth-order valence-corrected chi connectivity index (χ4v) is 4.73. The van der Waals surface area contributed by atoms with E-state index in [1.165, 1.54) is 57.8 Å². The third kappa shape index (κ3) is 2.81. The zero-order valence-electron chi connectivity index (χ0n) is 11.9. The summed E-state index contributed by atoms with van der Waals surface area (Å²) in [7, 11) is 0. The number of fused-ring (bicyclic) bond motifs is 1. The lowest BCUT2D eigenvalue weighted by Gasteiger charge is -2.36. The van der Waals surface area contributed by atoms with Crippen molar-refractivity contribution in [1.29, 1.82) is 0 Å². The van der Waals surface area contributed by atoms with Crippen molar-refractivity contribution >= 4 is 5.97 Å². The standard InChI is InChI=1S/C16H27NO2/c18-16(19)15-10-13-8-4-5-9-14(13)17(15)11-12-6-2-1-3-7-12/h12-15H,1-11H2,(H,18,19)/t13-,14-,15+/m1/s1. The Morgan fingerprint density at radius 2 is 1.68 bits per heavy atom. The smallest absolute Gasteiger partial charge is 0.320 e. The first-order valence-corrected chi connectivity index (χ1v) is 8.24. The minimum absolute atomic E-state index is 0.185. The van der Waals surface area contributed by atoms with Crippen LogP contribution in [0, 0.1) is 11.8 Å². The molecule has 3 fully saturated rings. The van der Waals surface area contributed by atoms with Crippen LogP contribution in [0.25, 0.3) is 0 Å². The first kappa shape index (κ1) is 13.4. The van der Waals surface area contributed by atoms with Crippen molar-refractivity contribution in [1.82, 2.24) is 4.90 Å². The van der Waals surface area contributed by atoms with Crippen molar-refractivity contribution in [3.05, 3.63) is 0 Å². The van der Waals surface area contributed by atoms with Crippen LogP contribution in [0.2, 0.25) is 0 Å². The van der Waals surface area contributed by atoms with Gasteiger partial charge < -0.3 is 5.11 Å². The Bertz CT molecular complexity index is 325. The summed E-state index contributed by atoms with van der Waals surface area (Å²) < 4.78 is 0. The molecule has 0 spiro atoms. The molecular formula is C16H27NO2. The molecule has 0 aromatic rings. The topological polar surface area (TPSA) is 40.5 Å². The maximum atomic E-state index is 11.6. The van der Waals surface area contributed by atoms with Gasteiger partial charge in [-0.25, -0.2) is 0 Å².